The molecule has 4 rings (SSSR count). The molecular weight excluding hydrogens is 410 g/mol. The zero-order chi connectivity index (χ0) is 21.4. The van der Waals surface area contributed by atoms with Crippen molar-refractivity contribution >= 4 is 45.9 Å². The Morgan fingerprint density at radius 1 is 1.07 bits per heavy atom. The maximum Gasteiger partial charge on any atom is 0.326 e. The molecule has 10 heteroatoms. The smallest absolute Gasteiger partial charge is 0.326 e. The molecule has 0 spiro atoms. The van der Waals surface area contributed by atoms with Gasteiger partial charge in [-0.1, -0.05) is 12.8 Å². The van der Waals surface area contributed by atoms with E-state index in [2.05, 4.69) is 5.32 Å². The first-order chi connectivity index (χ1) is 14.4. The van der Waals surface area contributed by atoms with E-state index >= 15 is 0 Å². The van der Waals surface area contributed by atoms with Gasteiger partial charge < -0.3 is 15.8 Å². The number of hydrogen-bond acceptors (Lipinski definition) is 7. The quantitative estimate of drug-likeness (QED) is 0.507. The fourth-order valence-corrected chi connectivity index (χ4v) is 5.93. The van der Waals surface area contributed by atoms with Crippen LogP contribution in [0.3, 0.4) is 0 Å². The topological polar surface area (TPSA) is 136 Å². The summed E-state index contributed by atoms with van der Waals surface area (Å²) in [7, 11) is 0. The number of nitrogens with two attached hydrogens (primary N) is 1. The Morgan fingerprint density at radius 3 is 2.37 bits per heavy atom. The van der Waals surface area contributed by atoms with E-state index in [0.29, 0.717) is 23.4 Å². The Bertz CT molecular complexity index is 915. The molecule has 2 aliphatic carbocycles. The van der Waals surface area contributed by atoms with E-state index in [9.17, 15) is 24.0 Å². The summed E-state index contributed by atoms with van der Waals surface area (Å²) in [6.45, 7) is -1.07. The van der Waals surface area contributed by atoms with Crippen LogP contribution >= 0.6 is 11.3 Å². The number of carbonyl (C=O) groups excluding carboxylic acids is 5. The average Bonchev–Trinajstić information content (AvgIpc) is 3.35. The number of rotatable bonds is 6. The zero-order valence-corrected chi connectivity index (χ0v) is 17.2. The molecule has 0 unspecified atom stereocenters. The highest BCUT2D eigenvalue weighted by molar-refractivity contribution is 7.17. The summed E-state index contributed by atoms with van der Waals surface area (Å²) in [6.07, 6.45) is 5.66. The summed E-state index contributed by atoms with van der Waals surface area (Å²) in [5, 5.41) is 2.95. The number of primary amides is 1. The van der Waals surface area contributed by atoms with E-state index < -0.39 is 30.9 Å². The van der Waals surface area contributed by atoms with Crippen molar-refractivity contribution in [2.75, 3.05) is 18.5 Å². The average molecular weight is 433 g/mol. The highest BCUT2D eigenvalue weighted by Gasteiger charge is 2.48. The minimum Gasteiger partial charge on any atom is -0.454 e. The Kier molecular flexibility index (Phi) is 5.59. The van der Waals surface area contributed by atoms with E-state index in [1.807, 2.05) is 0 Å². The number of imide groups is 1. The number of ether oxygens (including phenoxy) is 1. The lowest BCUT2D eigenvalue weighted by atomic mass is 9.81. The van der Waals surface area contributed by atoms with Crippen LogP contribution in [0.25, 0.3) is 0 Å². The van der Waals surface area contributed by atoms with Crippen molar-refractivity contribution in [3.63, 3.8) is 0 Å². The molecule has 1 aliphatic heterocycles. The second-order valence-corrected chi connectivity index (χ2v) is 9.00. The highest BCUT2D eigenvalue weighted by Crippen LogP contribution is 2.39. The molecule has 1 saturated heterocycles. The number of esters is 1. The van der Waals surface area contributed by atoms with Gasteiger partial charge in [-0.15, -0.1) is 11.3 Å². The van der Waals surface area contributed by atoms with E-state index in [4.69, 9.17) is 10.5 Å². The van der Waals surface area contributed by atoms with Gasteiger partial charge in [-0.05, 0) is 37.7 Å². The third kappa shape index (κ3) is 3.71. The van der Waals surface area contributed by atoms with Crippen LogP contribution in [-0.2, 0) is 36.8 Å². The zero-order valence-electron chi connectivity index (χ0n) is 16.4. The number of nitrogens with one attached hydrogen (secondary N) is 1. The van der Waals surface area contributed by atoms with Crippen molar-refractivity contribution < 1.29 is 28.7 Å². The molecule has 1 saturated carbocycles. The van der Waals surface area contributed by atoms with Gasteiger partial charge in [0.15, 0.2) is 6.61 Å². The predicted octanol–water partition coefficient (Wildman–Crippen LogP) is 0.993. The molecule has 1 aromatic heterocycles. The third-order valence-corrected chi connectivity index (χ3v) is 7.21. The van der Waals surface area contributed by atoms with Gasteiger partial charge in [-0.3, -0.25) is 28.9 Å². The van der Waals surface area contributed by atoms with Crippen molar-refractivity contribution in [1.29, 1.82) is 0 Å². The van der Waals surface area contributed by atoms with Crippen LogP contribution in [0.15, 0.2) is 0 Å². The SMILES string of the molecule is NC(=O)c1c(NC(=O)COC(=O)CN2C(=O)[C@@H]3CCCC[C@H]3C2=O)sc2c1CCC2. The Morgan fingerprint density at radius 2 is 1.73 bits per heavy atom. The number of carbonyl (C=O) groups is 5. The predicted molar refractivity (Wildman–Crippen MR) is 107 cm³/mol. The summed E-state index contributed by atoms with van der Waals surface area (Å²) in [6, 6.07) is 0. The summed E-state index contributed by atoms with van der Waals surface area (Å²) in [5.74, 6) is -3.37. The molecule has 4 amide bonds. The van der Waals surface area contributed by atoms with Crippen molar-refractivity contribution in [3.8, 4) is 0 Å². The largest absolute Gasteiger partial charge is 0.454 e. The molecular formula is C20H23N3O6S. The first-order valence-electron chi connectivity index (χ1n) is 10.1. The number of nitrogens with zero attached hydrogens (tertiary/aromatic N) is 1. The normalized spacial score (nSPS) is 22.6. The molecule has 0 radical (unpaired) electrons. The number of hydrogen-bond donors (Lipinski definition) is 2. The van der Waals surface area contributed by atoms with Gasteiger partial charge in [0.25, 0.3) is 11.8 Å². The van der Waals surface area contributed by atoms with Gasteiger partial charge in [0.2, 0.25) is 11.8 Å². The monoisotopic (exact) mass is 433 g/mol. The van der Waals surface area contributed by atoms with Crippen LogP contribution < -0.4 is 11.1 Å². The first kappa shape index (κ1) is 20.5. The maximum absolute atomic E-state index is 12.4. The summed E-state index contributed by atoms with van der Waals surface area (Å²) in [5.41, 5.74) is 6.66. The van der Waals surface area contributed by atoms with Gasteiger partial charge in [0.05, 0.1) is 17.4 Å². The summed E-state index contributed by atoms with van der Waals surface area (Å²) < 4.78 is 4.96. The van der Waals surface area contributed by atoms with Crippen LogP contribution in [0, 0.1) is 11.8 Å². The first-order valence-corrected chi connectivity index (χ1v) is 10.9. The molecule has 0 aromatic carbocycles. The van der Waals surface area contributed by atoms with Gasteiger partial charge in [-0.25, -0.2) is 0 Å². The standard InChI is InChI=1S/C20H23N3O6S/c21-17(26)16-12-6-3-7-13(12)30-18(16)22-14(24)9-29-15(25)8-23-19(27)10-4-1-2-5-11(10)20(23)28/h10-11H,1-9H2,(H2,21,26)(H,22,24)/t10-,11-/m1/s1. The minimum absolute atomic E-state index is 0.322. The van der Waals surface area contributed by atoms with Crippen LogP contribution in [0.5, 0.6) is 0 Å². The Hall–Kier alpha value is -2.75. The number of thiophene rings is 1. The Balaban J connectivity index is 1.32. The number of amides is 4. The van der Waals surface area contributed by atoms with Crippen molar-refractivity contribution in [3.05, 3.63) is 16.0 Å². The van der Waals surface area contributed by atoms with E-state index in [1.54, 1.807) is 0 Å². The molecule has 0 bridgehead atoms. The van der Waals surface area contributed by atoms with Crippen molar-refractivity contribution in [1.82, 2.24) is 4.90 Å². The van der Waals surface area contributed by atoms with Crippen LogP contribution in [0.2, 0.25) is 0 Å². The van der Waals surface area contributed by atoms with Gasteiger partial charge in [0, 0.05) is 4.88 Å². The third-order valence-electron chi connectivity index (χ3n) is 6.00. The number of fused-ring (bicyclic) bond motifs is 2. The van der Waals surface area contributed by atoms with E-state index in [1.165, 1.54) is 11.3 Å². The molecule has 9 nitrogen and oxygen atoms in total. The van der Waals surface area contributed by atoms with E-state index in [-0.39, 0.29) is 23.7 Å². The molecule has 2 heterocycles. The minimum atomic E-state index is -0.825. The van der Waals surface area contributed by atoms with Crippen LogP contribution in [-0.4, -0.2) is 47.6 Å². The lowest BCUT2D eigenvalue weighted by Gasteiger charge is -2.19. The molecule has 3 N–H and O–H groups in total. The molecule has 2 fully saturated rings. The van der Waals surface area contributed by atoms with E-state index in [0.717, 1.165) is 47.4 Å². The molecule has 1 aromatic rings. The molecule has 2 atom stereocenters. The maximum atomic E-state index is 12.4. The molecule has 160 valence electrons. The van der Waals surface area contributed by atoms with Crippen LogP contribution in [0.1, 0.15) is 52.9 Å². The number of anilines is 1. The van der Waals surface area contributed by atoms with Gasteiger partial charge >= 0.3 is 5.97 Å². The molecule has 3 aliphatic rings. The second-order valence-electron chi connectivity index (χ2n) is 7.89. The number of aryl methyl sites for hydroxylation is 1. The fraction of sp³-hybridized carbons (Fsp3) is 0.550. The highest BCUT2D eigenvalue weighted by atomic mass is 32.1. The summed E-state index contributed by atoms with van der Waals surface area (Å²) in [4.78, 5) is 62.9. The van der Waals surface area contributed by atoms with Gasteiger partial charge in [0.1, 0.15) is 11.5 Å². The van der Waals surface area contributed by atoms with Crippen molar-refractivity contribution in [2.24, 2.45) is 17.6 Å². The fourth-order valence-electron chi connectivity index (χ4n) is 4.62. The molecule has 30 heavy (non-hydrogen) atoms. The lowest BCUT2D eigenvalue weighted by molar-refractivity contribution is -0.154. The number of likely N-dealkylation sites (tertiary alicyclic amines) is 1. The van der Waals surface area contributed by atoms with Gasteiger partial charge in [-0.2, -0.15) is 0 Å². The summed E-state index contributed by atoms with van der Waals surface area (Å²) >= 11 is 1.31. The Labute approximate surface area is 176 Å². The van der Waals surface area contributed by atoms with Crippen molar-refractivity contribution in [2.45, 2.75) is 44.9 Å². The van der Waals surface area contributed by atoms with Crippen LogP contribution in [0.4, 0.5) is 5.00 Å². The lowest BCUT2D eigenvalue weighted by Crippen LogP contribution is -2.37. The second kappa shape index (κ2) is 8.17.